The Labute approximate surface area is 174 Å². The molecule has 1 aliphatic heterocycles. The fourth-order valence-electron chi connectivity index (χ4n) is 3.41. The number of benzene rings is 1. The summed E-state index contributed by atoms with van der Waals surface area (Å²) in [5, 5.41) is 8.14. The summed E-state index contributed by atoms with van der Waals surface area (Å²) in [6.07, 6.45) is 1.81. The van der Waals surface area contributed by atoms with Gasteiger partial charge in [0.15, 0.2) is 0 Å². The Morgan fingerprint density at radius 2 is 1.86 bits per heavy atom. The van der Waals surface area contributed by atoms with Crippen molar-refractivity contribution in [3.05, 3.63) is 59.8 Å². The van der Waals surface area contributed by atoms with E-state index in [2.05, 4.69) is 25.2 Å². The fourth-order valence-corrected chi connectivity index (χ4v) is 3.53. The van der Waals surface area contributed by atoms with E-state index in [1.54, 1.807) is 10.9 Å². The first-order valence-corrected chi connectivity index (χ1v) is 9.94. The predicted octanol–water partition coefficient (Wildman–Crippen LogP) is 2.90. The molecule has 0 bridgehead atoms. The van der Waals surface area contributed by atoms with Gasteiger partial charge >= 0.3 is 0 Å². The zero-order chi connectivity index (χ0) is 20.2. The van der Waals surface area contributed by atoms with Gasteiger partial charge in [-0.05, 0) is 24.3 Å². The van der Waals surface area contributed by atoms with Crippen LogP contribution in [0.1, 0.15) is 0 Å². The quantitative estimate of drug-likeness (QED) is 0.700. The molecule has 7 nitrogen and oxygen atoms in total. The number of halogens is 1. The Morgan fingerprint density at radius 1 is 1.10 bits per heavy atom. The highest BCUT2D eigenvalue weighted by atomic mass is 35.5. The Bertz CT molecular complexity index is 965. The van der Waals surface area contributed by atoms with Crippen LogP contribution in [-0.2, 0) is 11.8 Å². The Hall–Kier alpha value is -2.90. The Morgan fingerprint density at radius 3 is 2.55 bits per heavy atom. The first-order chi connectivity index (χ1) is 14.1. The minimum absolute atomic E-state index is 0.0399. The van der Waals surface area contributed by atoms with Crippen molar-refractivity contribution in [3.8, 4) is 11.3 Å². The van der Waals surface area contributed by atoms with Gasteiger partial charge in [0.1, 0.15) is 11.6 Å². The first kappa shape index (κ1) is 19.4. The summed E-state index contributed by atoms with van der Waals surface area (Å²) in [6.45, 7) is 3.72. The number of anilines is 2. The number of rotatable bonds is 5. The van der Waals surface area contributed by atoms with Gasteiger partial charge in [-0.2, -0.15) is 5.10 Å². The zero-order valence-electron chi connectivity index (χ0n) is 16.3. The third kappa shape index (κ3) is 4.75. The maximum absolute atomic E-state index is 12.5. The number of hydrogen-bond donors (Lipinski definition) is 1. The number of carbonyl (C=O) groups excluding carboxylic acids is 1. The molecular weight excluding hydrogens is 388 g/mol. The molecule has 8 heteroatoms. The molecule has 2 aromatic heterocycles. The molecule has 1 fully saturated rings. The zero-order valence-corrected chi connectivity index (χ0v) is 17.0. The maximum Gasteiger partial charge on any atom is 0.239 e. The van der Waals surface area contributed by atoms with Crippen LogP contribution in [0.4, 0.5) is 11.6 Å². The van der Waals surface area contributed by atoms with Crippen molar-refractivity contribution in [1.29, 1.82) is 0 Å². The van der Waals surface area contributed by atoms with Gasteiger partial charge in [0.25, 0.3) is 0 Å². The first-order valence-electron chi connectivity index (χ1n) is 9.57. The molecule has 0 spiro atoms. The van der Waals surface area contributed by atoms with Crippen LogP contribution in [0.2, 0.25) is 5.02 Å². The highest BCUT2D eigenvalue weighted by Gasteiger charge is 2.20. The van der Waals surface area contributed by atoms with E-state index < -0.39 is 0 Å². The van der Waals surface area contributed by atoms with Crippen molar-refractivity contribution >= 4 is 29.1 Å². The average molecular weight is 411 g/mol. The lowest BCUT2D eigenvalue weighted by atomic mass is 10.1. The van der Waals surface area contributed by atoms with Crippen molar-refractivity contribution in [1.82, 2.24) is 19.7 Å². The molecule has 29 heavy (non-hydrogen) atoms. The number of amides is 1. The summed E-state index contributed by atoms with van der Waals surface area (Å²) in [7, 11) is 1.82. The monoisotopic (exact) mass is 410 g/mol. The normalized spacial score (nSPS) is 14.8. The highest BCUT2D eigenvalue weighted by Crippen LogP contribution is 2.23. The number of hydrogen-bond acceptors (Lipinski definition) is 5. The van der Waals surface area contributed by atoms with E-state index in [1.165, 1.54) is 0 Å². The molecular formula is C21H23ClN6O. The van der Waals surface area contributed by atoms with Gasteiger partial charge in [0, 0.05) is 56.1 Å². The molecule has 1 aromatic carbocycles. The van der Waals surface area contributed by atoms with Crippen LogP contribution in [0.5, 0.6) is 0 Å². The summed E-state index contributed by atoms with van der Waals surface area (Å²) in [4.78, 5) is 21.3. The number of nitrogens with zero attached hydrogens (tertiary/aromatic N) is 5. The molecule has 4 rings (SSSR count). The van der Waals surface area contributed by atoms with E-state index >= 15 is 0 Å². The third-order valence-corrected chi connectivity index (χ3v) is 5.25. The van der Waals surface area contributed by atoms with Gasteiger partial charge in [-0.15, -0.1) is 0 Å². The fraction of sp³-hybridized carbons (Fsp3) is 0.286. The van der Waals surface area contributed by atoms with Gasteiger partial charge < -0.3 is 10.2 Å². The number of aryl methyl sites for hydroxylation is 1. The van der Waals surface area contributed by atoms with Crippen LogP contribution < -0.4 is 10.2 Å². The van der Waals surface area contributed by atoms with Crippen LogP contribution in [-0.4, -0.2) is 58.3 Å². The van der Waals surface area contributed by atoms with Crippen molar-refractivity contribution in [2.45, 2.75) is 0 Å². The number of aromatic nitrogens is 3. The van der Waals surface area contributed by atoms with E-state index in [0.29, 0.717) is 17.4 Å². The van der Waals surface area contributed by atoms with Gasteiger partial charge in [-0.25, -0.2) is 4.98 Å². The van der Waals surface area contributed by atoms with Crippen LogP contribution in [0, 0.1) is 0 Å². The van der Waals surface area contributed by atoms with E-state index in [4.69, 9.17) is 11.6 Å². The molecule has 1 saturated heterocycles. The average Bonchev–Trinajstić information content (AvgIpc) is 3.10. The molecule has 0 aliphatic carbocycles. The summed E-state index contributed by atoms with van der Waals surface area (Å²) in [5.74, 6) is 1.62. The smallest absolute Gasteiger partial charge is 0.239 e. The minimum atomic E-state index is -0.0399. The molecule has 0 unspecified atom stereocenters. The standard InChI is InChI=1S/C21H23ClN6O/c1-26-20(14-18(25-26)16-5-7-17(22)8-6-16)24-21(29)15-27-10-12-28(13-11-27)19-4-2-3-9-23-19/h2-9,14H,10-13,15H2,1H3,(H,24,29). The van der Waals surface area contributed by atoms with E-state index in [9.17, 15) is 4.79 Å². The molecule has 1 aliphatic rings. The molecule has 1 amide bonds. The molecule has 150 valence electrons. The largest absolute Gasteiger partial charge is 0.354 e. The topological polar surface area (TPSA) is 66.3 Å². The van der Waals surface area contributed by atoms with Gasteiger partial charge in [-0.3, -0.25) is 14.4 Å². The van der Waals surface area contributed by atoms with Crippen LogP contribution >= 0.6 is 11.6 Å². The molecule has 1 N–H and O–H groups in total. The Balaban J connectivity index is 1.32. The molecule has 0 atom stereocenters. The summed E-state index contributed by atoms with van der Waals surface area (Å²) >= 11 is 5.95. The van der Waals surface area contributed by atoms with E-state index in [0.717, 1.165) is 43.3 Å². The summed E-state index contributed by atoms with van der Waals surface area (Å²) in [6, 6.07) is 15.3. The van der Waals surface area contributed by atoms with Crippen LogP contribution in [0.3, 0.4) is 0 Å². The lowest BCUT2D eigenvalue weighted by molar-refractivity contribution is -0.117. The summed E-state index contributed by atoms with van der Waals surface area (Å²) in [5.41, 5.74) is 1.75. The third-order valence-electron chi connectivity index (χ3n) is 5.00. The predicted molar refractivity (Wildman–Crippen MR) is 115 cm³/mol. The highest BCUT2D eigenvalue weighted by molar-refractivity contribution is 6.30. The van der Waals surface area contributed by atoms with Crippen molar-refractivity contribution in [2.75, 3.05) is 42.9 Å². The van der Waals surface area contributed by atoms with Gasteiger partial charge in [0.2, 0.25) is 5.91 Å². The minimum Gasteiger partial charge on any atom is -0.354 e. The lowest BCUT2D eigenvalue weighted by Crippen LogP contribution is -2.49. The summed E-state index contributed by atoms with van der Waals surface area (Å²) < 4.78 is 1.68. The number of carbonyl (C=O) groups is 1. The Kier molecular flexibility index (Phi) is 5.78. The second kappa shape index (κ2) is 8.63. The lowest BCUT2D eigenvalue weighted by Gasteiger charge is -2.34. The van der Waals surface area contributed by atoms with Crippen molar-refractivity contribution < 1.29 is 4.79 Å². The van der Waals surface area contributed by atoms with Crippen LogP contribution in [0.15, 0.2) is 54.7 Å². The molecule has 3 heterocycles. The second-order valence-electron chi connectivity index (χ2n) is 7.04. The van der Waals surface area contributed by atoms with Crippen molar-refractivity contribution in [3.63, 3.8) is 0 Å². The van der Waals surface area contributed by atoms with E-state index in [1.807, 2.05) is 55.6 Å². The number of piperazine rings is 1. The molecule has 0 radical (unpaired) electrons. The van der Waals surface area contributed by atoms with Gasteiger partial charge in [-0.1, -0.05) is 29.8 Å². The van der Waals surface area contributed by atoms with Crippen LogP contribution in [0.25, 0.3) is 11.3 Å². The number of nitrogens with one attached hydrogen (secondary N) is 1. The van der Waals surface area contributed by atoms with Gasteiger partial charge in [0.05, 0.1) is 12.2 Å². The maximum atomic E-state index is 12.5. The van der Waals surface area contributed by atoms with Crippen molar-refractivity contribution in [2.24, 2.45) is 7.05 Å². The second-order valence-corrected chi connectivity index (χ2v) is 7.48. The SMILES string of the molecule is Cn1nc(-c2ccc(Cl)cc2)cc1NC(=O)CN1CCN(c2ccccn2)CC1. The molecule has 0 saturated carbocycles. The van der Waals surface area contributed by atoms with E-state index in [-0.39, 0.29) is 5.91 Å². The molecule has 3 aromatic rings. The number of pyridine rings is 1.